The summed E-state index contributed by atoms with van der Waals surface area (Å²) in [6.07, 6.45) is -1.21. The molecule has 1 atom stereocenters. The van der Waals surface area contributed by atoms with Crippen LogP contribution in [0.3, 0.4) is 0 Å². The highest BCUT2D eigenvalue weighted by molar-refractivity contribution is 5.83. The highest BCUT2D eigenvalue weighted by atomic mass is 16.6. The van der Waals surface area contributed by atoms with Crippen molar-refractivity contribution in [1.82, 2.24) is 9.80 Å². The Kier molecular flexibility index (Phi) is 8.70. The van der Waals surface area contributed by atoms with Crippen LogP contribution in [0.1, 0.15) is 49.9 Å². The highest BCUT2D eigenvalue weighted by Gasteiger charge is 2.26. The summed E-state index contributed by atoms with van der Waals surface area (Å²) < 4.78 is 10.7. The summed E-state index contributed by atoms with van der Waals surface area (Å²) in [7, 11) is 0. The Bertz CT molecular complexity index is 1050. The lowest BCUT2D eigenvalue weighted by Crippen LogP contribution is -2.49. The number of piperazine rings is 1. The average molecular weight is 481 g/mol. The van der Waals surface area contributed by atoms with E-state index in [0.717, 1.165) is 41.9 Å². The zero-order valence-corrected chi connectivity index (χ0v) is 21.3. The molecule has 0 bridgehead atoms. The molecule has 1 unspecified atom stereocenters. The van der Waals surface area contributed by atoms with Gasteiger partial charge in [0.25, 0.3) is 6.47 Å². The molecular formula is C28H36N2O5. The Morgan fingerprint density at radius 3 is 2.23 bits per heavy atom. The van der Waals surface area contributed by atoms with Crippen LogP contribution in [0.25, 0.3) is 5.57 Å². The fraction of sp³-hybridized carbons (Fsp3) is 0.429. The van der Waals surface area contributed by atoms with E-state index in [9.17, 15) is 14.7 Å². The first-order chi connectivity index (χ1) is 16.6. The Morgan fingerprint density at radius 1 is 1.06 bits per heavy atom. The van der Waals surface area contributed by atoms with Crippen molar-refractivity contribution in [3.8, 4) is 0 Å². The average Bonchev–Trinajstić information content (AvgIpc) is 2.80. The molecule has 0 aliphatic carbocycles. The van der Waals surface area contributed by atoms with Crippen LogP contribution in [-0.4, -0.2) is 65.4 Å². The normalized spacial score (nSPS) is 16.3. The summed E-state index contributed by atoms with van der Waals surface area (Å²) in [4.78, 5) is 27.5. The SMILES string of the molecule is Cc1ccccc1/C(=C(\OC=O)C(C)O)c1ccc(CN2CCN(C(=O)OC(C)(C)C)CC2)cc1. The van der Waals surface area contributed by atoms with Gasteiger partial charge in [0.05, 0.1) is 0 Å². The Hall–Kier alpha value is -3.16. The van der Waals surface area contributed by atoms with Crippen molar-refractivity contribution in [2.24, 2.45) is 0 Å². The minimum atomic E-state index is -0.948. The molecule has 1 N–H and O–H groups in total. The smallest absolute Gasteiger partial charge is 0.410 e. The number of aliphatic hydroxyl groups excluding tert-OH is 1. The molecule has 1 aliphatic heterocycles. The molecule has 1 aliphatic rings. The number of hydrogen-bond donors (Lipinski definition) is 1. The first-order valence-corrected chi connectivity index (χ1v) is 12.0. The molecule has 1 fully saturated rings. The van der Waals surface area contributed by atoms with E-state index in [1.165, 1.54) is 0 Å². The molecule has 1 amide bonds. The van der Waals surface area contributed by atoms with Crippen LogP contribution < -0.4 is 0 Å². The minimum Gasteiger partial charge on any atom is -0.444 e. The predicted octanol–water partition coefficient (Wildman–Crippen LogP) is 4.36. The van der Waals surface area contributed by atoms with Gasteiger partial charge in [0.15, 0.2) is 0 Å². The zero-order chi connectivity index (χ0) is 25.6. The predicted molar refractivity (Wildman–Crippen MR) is 136 cm³/mol. The number of carbonyl (C=O) groups is 2. The molecule has 0 spiro atoms. The van der Waals surface area contributed by atoms with Crippen molar-refractivity contribution >= 4 is 18.1 Å². The van der Waals surface area contributed by atoms with Gasteiger partial charge < -0.3 is 19.5 Å². The van der Waals surface area contributed by atoms with Gasteiger partial charge in [-0.25, -0.2) is 4.79 Å². The van der Waals surface area contributed by atoms with E-state index in [2.05, 4.69) is 17.0 Å². The summed E-state index contributed by atoms with van der Waals surface area (Å²) in [5.41, 5.74) is 4.11. The van der Waals surface area contributed by atoms with Gasteiger partial charge in [0, 0.05) is 38.3 Å². The molecule has 2 aromatic carbocycles. The maximum absolute atomic E-state index is 12.3. The number of amides is 1. The number of aliphatic hydroxyl groups is 1. The van der Waals surface area contributed by atoms with E-state index in [1.54, 1.807) is 11.8 Å². The fourth-order valence-electron chi connectivity index (χ4n) is 4.15. The van der Waals surface area contributed by atoms with Crippen LogP contribution in [0.15, 0.2) is 54.3 Å². The Labute approximate surface area is 207 Å². The minimum absolute atomic E-state index is 0.223. The van der Waals surface area contributed by atoms with Gasteiger partial charge in [-0.15, -0.1) is 0 Å². The third-order valence-corrected chi connectivity index (χ3v) is 5.89. The fourth-order valence-corrected chi connectivity index (χ4v) is 4.15. The largest absolute Gasteiger partial charge is 0.444 e. The van der Waals surface area contributed by atoms with Gasteiger partial charge in [0.1, 0.15) is 17.5 Å². The first kappa shape index (κ1) is 26.4. The quantitative estimate of drug-likeness (QED) is 0.469. The van der Waals surface area contributed by atoms with Crippen LogP contribution in [0.4, 0.5) is 4.79 Å². The van der Waals surface area contributed by atoms with Crippen molar-refractivity contribution in [3.05, 3.63) is 76.5 Å². The van der Waals surface area contributed by atoms with E-state index in [0.29, 0.717) is 25.1 Å². The molecule has 2 aromatic rings. The standard InChI is InChI=1S/C28H36N2O5/c1-20-8-6-7-9-24(20)25(26(21(2)32)34-19-31)23-12-10-22(11-13-23)18-29-14-16-30(17-15-29)27(33)35-28(3,4)5/h6-13,19,21,32H,14-18H2,1-5H3/b26-25-. The molecule has 0 aromatic heterocycles. The topological polar surface area (TPSA) is 79.3 Å². The summed E-state index contributed by atoms with van der Waals surface area (Å²) in [5.74, 6) is 0.223. The number of ether oxygens (including phenoxy) is 2. The number of rotatable bonds is 7. The number of hydrogen-bond acceptors (Lipinski definition) is 6. The van der Waals surface area contributed by atoms with Gasteiger partial charge in [-0.3, -0.25) is 9.69 Å². The zero-order valence-electron chi connectivity index (χ0n) is 21.3. The van der Waals surface area contributed by atoms with Crippen LogP contribution in [0, 0.1) is 6.92 Å². The van der Waals surface area contributed by atoms with Gasteiger partial charge >= 0.3 is 6.09 Å². The van der Waals surface area contributed by atoms with Gasteiger partial charge in [-0.1, -0.05) is 48.5 Å². The van der Waals surface area contributed by atoms with E-state index < -0.39 is 11.7 Å². The lowest BCUT2D eigenvalue weighted by molar-refractivity contribution is -0.126. The van der Waals surface area contributed by atoms with Crippen LogP contribution >= 0.6 is 0 Å². The van der Waals surface area contributed by atoms with Crippen LogP contribution in [0.5, 0.6) is 0 Å². The van der Waals surface area contributed by atoms with Gasteiger partial charge in [0.2, 0.25) is 0 Å². The Morgan fingerprint density at radius 2 is 1.69 bits per heavy atom. The summed E-state index contributed by atoms with van der Waals surface area (Å²) >= 11 is 0. The second kappa shape index (κ2) is 11.5. The van der Waals surface area contributed by atoms with Crippen molar-refractivity contribution in [2.75, 3.05) is 26.2 Å². The third kappa shape index (κ3) is 7.16. The molecule has 0 saturated carbocycles. The first-order valence-electron chi connectivity index (χ1n) is 12.0. The number of nitrogens with zero attached hydrogens (tertiary/aromatic N) is 2. The summed E-state index contributed by atoms with van der Waals surface area (Å²) in [6, 6.07) is 15.9. The molecule has 188 valence electrons. The van der Waals surface area contributed by atoms with Crippen molar-refractivity contribution in [1.29, 1.82) is 0 Å². The molecule has 1 heterocycles. The van der Waals surface area contributed by atoms with Crippen LogP contribution in [0.2, 0.25) is 0 Å². The van der Waals surface area contributed by atoms with Crippen molar-refractivity contribution < 1.29 is 24.2 Å². The van der Waals surface area contributed by atoms with Crippen molar-refractivity contribution in [3.63, 3.8) is 0 Å². The number of benzene rings is 2. The van der Waals surface area contributed by atoms with Gasteiger partial charge in [-0.2, -0.15) is 0 Å². The molecule has 35 heavy (non-hydrogen) atoms. The molecular weight excluding hydrogens is 444 g/mol. The van der Waals surface area contributed by atoms with E-state index in [4.69, 9.17) is 9.47 Å². The van der Waals surface area contributed by atoms with E-state index >= 15 is 0 Å². The molecule has 7 nitrogen and oxygen atoms in total. The summed E-state index contributed by atoms with van der Waals surface area (Å²) in [6.45, 7) is 13.1. The lowest BCUT2D eigenvalue weighted by Gasteiger charge is -2.35. The third-order valence-electron chi connectivity index (χ3n) is 5.89. The van der Waals surface area contributed by atoms with E-state index in [1.807, 2.05) is 64.1 Å². The monoisotopic (exact) mass is 480 g/mol. The number of carbonyl (C=O) groups excluding carboxylic acids is 2. The lowest BCUT2D eigenvalue weighted by atomic mass is 9.91. The molecule has 0 radical (unpaired) electrons. The molecule has 7 heteroatoms. The maximum Gasteiger partial charge on any atom is 0.410 e. The Balaban J connectivity index is 1.75. The second-order valence-corrected chi connectivity index (χ2v) is 9.88. The molecule has 3 rings (SSSR count). The van der Waals surface area contributed by atoms with E-state index in [-0.39, 0.29) is 11.9 Å². The number of aryl methyl sites for hydroxylation is 1. The van der Waals surface area contributed by atoms with Gasteiger partial charge in [-0.05, 0) is 56.9 Å². The highest BCUT2D eigenvalue weighted by Crippen LogP contribution is 2.31. The molecule has 1 saturated heterocycles. The summed E-state index contributed by atoms with van der Waals surface area (Å²) in [5, 5.41) is 10.3. The second-order valence-electron chi connectivity index (χ2n) is 9.88. The van der Waals surface area contributed by atoms with Crippen LogP contribution in [-0.2, 0) is 20.8 Å². The van der Waals surface area contributed by atoms with Crippen molar-refractivity contribution in [2.45, 2.75) is 52.9 Å². The maximum atomic E-state index is 12.3.